The fraction of sp³-hybridized carbons (Fsp3) is 0.417. The fourth-order valence-corrected chi connectivity index (χ4v) is 2.36. The number of nitrogens with zero attached hydrogens (tertiary/aromatic N) is 1. The molecule has 17 heavy (non-hydrogen) atoms. The third-order valence-corrected chi connectivity index (χ3v) is 3.43. The van der Waals surface area contributed by atoms with Crippen molar-refractivity contribution < 1.29 is 9.15 Å². The van der Waals surface area contributed by atoms with E-state index in [0.29, 0.717) is 19.0 Å². The van der Waals surface area contributed by atoms with Gasteiger partial charge in [-0.15, -0.1) is 11.3 Å². The van der Waals surface area contributed by atoms with Crippen LogP contribution in [0, 0.1) is 6.92 Å². The van der Waals surface area contributed by atoms with E-state index in [-0.39, 0.29) is 0 Å². The van der Waals surface area contributed by atoms with Gasteiger partial charge in [-0.05, 0) is 23.9 Å². The second-order valence-corrected chi connectivity index (χ2v) is 4.64. The Bertz CT molecular complexity index is 465. The molecule has 0 spiro atoms. The Morgan fingerprint density at radius 2 is 2.41 bits per heavy atom. The van der Waals surface area contributed by atoms with Gasteiger partial charge in [-0.1, -0.05) is 0 Å². The summed E-state index contributed by atoms with van der Waals surface area (Å²) in [6.45, 7) is 4.20. The average Bonchev–Trinajstić information content (AvgIpc) is 2.93. The number of hydrogen-bond donors (Lipinski definition) is 1. The molecule has 1 N–H and O–H groups in total. The van der Waals surface area contributed by atoms with Crippen LogP contribution in [0.5, 0.6) is 0 Å². The predicted octanol–water partition coefficient (Wildman–Crippen LogP) is 2.45. The highest BCUT2D eigenvalue weighted by Gasteiger charge is 2.09. The molecule has 0 bridgehead atoms. The molecule has 0 saturated carbocycles. The van der Waals surface area contributed by atoms with Gasteiger partial charge in [-0.3, -0.25) is 0 Å². The van der Waals surface area contributed by atoms with Crippen LogP contribution < -0.4 is 5.32 Å². The summed E-state index contributed by atoms with van der Waals surface area (Å²) in [5.41, 5.74) is 1.23. The van der Waals surface area contributed by atoms with E-state index in [0.717, 1.165) is 17.2 Å². The molecule has 92 valence electrons. The van der Waals surface area contributed by atoms with Gasteiger partial charge in [0.2, 0.25) is 5.89 Å². The van der Waals surface area contributed by atoms with E-state index < -0.39 is 0 Å². The SMILES string of the molecule is COCCNCc1ncc(-c2sccc2C)o1. The van der Waals surface area contributed by atoms with Crippen LogP contribution in [0.4, 0.5) is 0 Å². The smallest absolute Gasteiger partial charge is 0.208 e. The lowest BCUT2D eigenvalue weighted by Gasteiger charge is -1.99. The number of hydrogen-bond acceptors (Lipinski definition) is 5. The minimum Gasteiger partial charge on any atom is -0.438 e. The van der Waals surface area contributed by atoms with Gasteiger partial charge in [0.25, 0.3) is 0 Å². The molecular formula is C12H16N2O2S. The third kappa shape index (κ3) is 3.15. The Kier molecular flexibility index (Phi) is 4.30. The molecule has 0 aliphatic carbocycles. The first-order chi connectivity index (χ1) is 8.31. The van der Waals surface area contributed by atoms with Gasteiger partial charge in [0.1, 0.15) is 0 Å². The number of aryl methyl sites for hydroxylation is 1. The maximum Gasteiger partial charge on any atom is 0.208 e. The Balaban J connectivity index is 1.95. The van der Waals surface area contributed by atoms with E-state index in [1.807, 2.05) is 0 Å². The van der Waals surface area contributed by atoms with Gasteiger partial charge >= 0.3 is 0 Å². The molecule has 0 aromatic carbocycles. The summed E-state index contributed by atoms with van der Waals surface area (Å²) in [5, 5.41) is 5.26. The van der Waals surface area contributed by atoms with Crippen LogP contribution in [0.25, 0.3) is 10.6 Å². The van der Waals surface area contributed by atoms with Crippen LogP contribution in [-0.2, 0) is 11.3 Å². The fourth-order valence-electron chi connectivity index (χ4n) is 1.49. The molecule has 5 heteroatoms. The highest BCUT2D eigenvalue weighted by Crippen LogP contribution is 2.29. The highest BCUT2D eigenvalue weighted by atomic mass is 32.1. The van der Waals surface area contributed by atoms with Crippen molar-refractivity contribution in [3.8, 4) is 10.6 Å². The van der Waals surface area contributed by atoms with Gasteiger partial charge in [0.05, 0.1) is 24.2 Å². The molecule has 2 heterocycles. The minimum absolute atomic E-state index is 0.633. The van der Waals surface area contributed by atoms with Crippen molar-refractivity contribution in [3.05, 3.63) is 29.1 Å². The number of thiophene rings is 1. The second kappa shape index (κ2) is 5.95. The van der Waals surface area contributed by atoms with Crippen LogP contribution in [0.2, 0.25) is 0 Å². The summed E-state index contributed by atoms with van der Waals surface area (Å²) >= 11 is 1.67. The largest absolute Gasteiger partial charge is 0.438 e. The number of aromatic nitrogens is 1. The molecule has 0 saturated heterocycles. The molecule has 0 aliphatic heterocycles. The maximum atomic E-state index is 5.69. The van der Waals surface area contributed by atoms with E-state index >= 15 is 0 Å². The van der Waals surface area contributed by atoms with Crippen molar-refractivity contribution >= 4 is 11.3 Å². The number of methoxy groups -OCH3 is 1. The molecule has 2 aromatic rings. The zero-order valence-corrected chi connectivity index (χ0v) is 10.8. The van der Waals surface area contributed by atoms with Gasteiger partial charge in [0, 0.05) is 13.7 Å². The van der Waals surface area contributed by atoms with Crippen LogP contribution in [0.1, 0.15) is 11.5 Å². The van der Waals surface area contributed by atoms with Gasteiger partial charge in [-0.25, -0.2) is 4.98 Å². The van der Waals surface area contributed by atoms with E-state index in [1.54, 1.807) is 24.6 Å². The summed E-state index contributed by atoms with van der Waals surface area (Å²) in [5.74, 6) is 1.56. The molecule has 4 nitrogen and oxygen atoms in total. The summed E-state index contributed by atoms with van der Waals surface area (Å²) in [4.78, 5) is 5.40. The van der Waals surface area contributed by atoms with Gasteiger partial charge in [-0.2, -0.15) is 0 Å². The number of oxazole rings is 1. The van der Waals surface area contributed by atoms with Crippen molar-refractivity contribution in [2.45, 2.75) is 13.5 Å². The zero-order chi connectivity index (χ0) is 12.1. The monoisotopic (exact) mass is 252 g/mol. The summed E-state index contributed by atoms with van der Waals surface area (Å²) in [7, 11) is 1.69. The lowest BCUT2D eigenvalue weighted by atomic mass is 10.2. The number of ether oxygens (including phenoxy) is 1. The molecule has 2 rings (SSSR count). The van der Waals surface area contributed by atoms with Gasteiger partial charge in [0.15, 0.2) is 5.76 Å². The van der Waals surface area contributed by atoms with Crippen molar-refractivity contribution in [3.63, 3.8) is 0 Å². The molecule has 2 aromatic heterocycles. The van der Waals surface area contributed by atoms with Crippen molar-refractivity contribution in [2.24, 2.45) is 0 Å². The lowest BCUT2D eigenvalue weighted by Crippen LogP contribution is -2.18. The van der Waals surface area contributed by atoms with Crippen LogP contribution in [0.15, 0.2) is 22.1 Å². The zero-order valence-electron chi connectivity index (χ0n) is 10.0. The third-order valence-electron chi connectivity index (χ3n) is 2.40. The first-order valence-corrected chi connectivity index (χ1v) is 6.38. The quantitative estimate of drug-likeness (QED) is 0.802. The first kappa shape index (κ1) is 12.3. The summed E-state index contributed by atoms with van der Waals surface area (Å²) < 4.78 is 10.6. The van der Waals surface area contributed by atoms with E-state index in [2.05, 4.69) is 28.7 Å². The molecule has 0 atom stereocenters. The molecule has 0 amide bonds. The van der Waals surface area contributed by atoms with Crippen molar-refractivity contribution in [2.75, 3.05) is 20.3 Å². The Morgan fingerprint density at radius 3 is 3.12 bits per heavy atom. The predicted molar refractivity (Wildman–Crippen MR) is 68.1 cm³/mol. The lowest BCUT2D eigenvalue weighted by molar-refractivity contribution is 0.198. The number of nitrogens with one attached hydrogen (secondary N) is 1. The van der Waals surface area contributed by atoms with Crippen LogP contribution in [-0.4, -0.2) is 25.2 Å². The molecular weight excluding hydrogens is 236 g/mol. The second-order valence-electron chi connectivity index (χ2n) is 3.72. The van der Waals surface area contributed by atoms with Crippen LogP contribution >= 0.6 is 11.3 Å². The van der Waals surface area contributed by atoms with Crippen molar-refractivity contribution in [1.82, 2.24) is 10.3 Å². The molecule has 0 unspecified atom stereocenters. The van der Waals surface area contributed by atoms with Crippen molar-refractivity contribution in [1.29, 1.82) is 0 Å². The molecule has 0 radical (unpaired) electrons. The van der Waals surface area contributed by atoms with E-state index in [1.165, 1.54) is 5.56 Å². The van der Waals surface area contributed by atoms with E-state index in [4.69, 9.17) is 9.15 Å². The highest BCUT2D eigenvalue weighted by molar-refractivity contribution is 7.13. The van der Waals surface area contributed by atoms with Gasteiger partial charge < -0.3 is 14.5 Å². The Labute approximate surface area is 105 Å². The standard InChI is InChI=1S/C12H16N2O2S/c1-9-3-6-17-12(9)10-7-14-11(16-10)8-13-4-5-15-2/h3,6-7,13H,4-5,8H2,1-2H3. The maximum absolute atomic E-state index is 5.69. The van der Waals surface area contributed by atoms with E-state index in [9.17, 15) is 0 Å². The minimum atomic E-state index is 0.633. The van der Waals surface area contributed by atoms with Crippen LogP contribution in [0.3, 0.4) is 0 Å². The topological polar surface area (TPSA) is 47.3 Å². The summed E-state index contributed by atoms with van der Waals surface area (Å²) in [6.07, 6.45) is 1.78. The summed E-state index contributed by atoms with van der Waals surface area (Å²) in [6, 6.07) is 2.08. The Morgan fingerprint density at radius 1 is 1.53 bits per heavy atom. The molecule has 0 aliphatic rings. The first-order valence-electron chi connectivity index (χ1n) is 5.50. The Hall–Kier alpha value is -1.17. The normalized spacial score (nSPS) is 10.9. The molecule has 0 fully saturated rings. The number of rotatable bonds is 6. The average molecular weight is 252 g/mol.